The number of halogens is 2. The Kier molecular flexibility index (Phi) is 12.8. The van der Waals surface area contributed by atoms with Crippen molar-refractivity contribution in [3.63, 3.8) is 0 Å². The maximum atomic E-state index is 13.0. The Hall–Kier alpha value is -3.92. The smallest absolute Gasteiger partial charge is 0.259 e. The van der Waals surface area contributed by atoms with E-state index in [4.69, 9.17) is 23.2 Å². The number of fused-ring (bicyclic) bond motifs is 2. The van der Waals surface area contributed by atoms with E-state index in [1.54, 1.807) is 82.8 Å². The third kappa shape index (κ3) is 8.48. The summed E-state index contributed by atoms with van der Waals surface area (Å²) in [5.74, 6) is 0.346. The molecule has 0 aliphatic carbocycles. The predicted octanol–water partition coefficient (Wildman–Crippen LogP) is 8.75. The van der Waals surface area contributed by atoms with Crippen LogP contribution < -0.4 is 9.80 Å². The van der Waals surface area contributed by atoms with Crippen molar-refractivity contribution >= 4 is 66.4 Å². The van der Waals surface area contributed by atoms with Crippen LogP contribution >= 0.6 is 23.2 Å². The summed E-state index contributed by atoms with van der Waals surface area (Å²) >= 11 is 12.3. The number of piperidine rings is 2. The maximum absolute atomic E-state index is 13.0. The molecular formula is C44H52Cl2N6O6S2. The van der Waals surface area contributed by atoms with Gasteiger partial charge in [0.2, 0.25) is 20.0 Å². The van der Waals surface area contributed by atoms with Crippen LogP contribution in [-0.4, -0.2) is 83.9 Å². The number of carbonyl (C=O) groups is 2. The molecule has 0 N–H and O–H groups in total. The molecular weight excluding hydrogens is 844 g/mol. The van der Waals surface area contributed by atoms with Gasteiger partial charge in [-0.2, -0.15) is 0 Å². The van der Waals surface area contributed by atoms with E-state index in [1.165, 1.54) is 0 Å². The summed E-state index contributed by atoms with van der Waals surface area (Å²) in [4.78, 5) is 38.3. The number of nitrogens with zero attached hydrogens (tertiary/aromatic N) is 6. The van der Waals surface area contributed by atoms with Gasteiger partial charge in [-0.1, -0.05) is 23.2 Å². The van der Waals surface area contributed by atoms with Gasteiger partial charge in [0.25, 0.3) is 11.8 Å². The van der Waals surface area contributed by atoms with Gasteiger partial charge in [-0.05, 0) is 150 Å². The lowest BCUT2D eigenvalue weighted by atomic mass is 9.91. The molecule has 60 heavy (non-hydrogen) atoms. The van der Waals surface area contributed by atoms with Crippen molar-refractivity contribution in [3.05, 3.63) is 117 Å². The molecule has 2 fully saturated rings. The largest absolute Gasteiger partial charge is 0.300 e. The number of carbonyl (C=O) groups excluding carboxylic acids is 2. The fraction of sp³-hybridized carbons (Fsp3) is 0.455. The van der Waals surface area contributed by atoms with Crippen molar-refractivity contribution in [1.82, 2.24) is 18.6 Å². The number of hydrogen-bond donors (Lipinski definition) is 0. The molecule has 2 aromatic carbocycles. The van der Waals surface area contributed by atoms with Crippen LogP contribution in [0, 0.1) is 0 Å². The highest BCUT2D eigenvalue weighted by Crippen LogP contribution is 2.41. The van der Waals surface area contributed by atoms with Gasteiger partial charge >= 0.3 is 0 Å². The lowest BCUT2D eigenvalue weighted by molar-refractivity contribution is 0.0984. The van der Waals surface area contributed by atoms with Crippen LogP contribution in [0.25, 0.3) is 0 Å². The summed E-state index contributed by atoms with van der Waals surface area (Å²) < 4.78 is 52.9. The summed E-state index contributed by atoms with van der Waals surface area (Å²) in [6.45, 7) is 12.9. The first-order valence-corrected chi connectivity index (χ1v) is 24.3. The van der Waals surface area contributed by atoms with E-state index in [-0.39, 0.29) is 35.7 Å². The van der Waals surface area contributed by atoms with Crippen LogP contribution in [0.3, 0.4) is 0 Å². The molecule has 4 aliphatic heterocycles. The van der Waals surface area contributed by atoms with Crippen LogP contribution in [0.15, 0.2) is 73.3 Å². The van der Waals surface area contributed by atoms with Gasteiger partial charge < -0.3 is 0 Å². The summed E-state index contributed by atoms with van der Waals surface area (Å²) in [7, 11) is -6.44. The molecule has 0 bridgehead atoms. The minimum absolute atomic E-state index is 0.0500. The highest BCUT2D eigenvalue weighted by molar-refractivity contribution is 7.90. The van der Waals surface area contributed by atoms with E-state index in [2.05, 4.69) is 9.97 Å². The number of pyridine rings is 2. The van der Waals surface area contributed by atoms with E-state index >= 15 is 0 Å². The molecule has 2 saturated heterocycles. The molecule has 12 nitrogen and oxygen atoms in total. The van der Waals surface area contributed by atoms with Crippen LogP contribution in [0.2, 0.25) is 10.0 Å². The monoisotopic (exact) mass is 894 g/mol. The Bertz CT molecular complexity index is 2330. The van der Waals surface area contributed by atoms with E-state index in [9.17, 15) is 26.4 Å². The van der Waals surface area contributed by atoms with Crippen LogP contribution in [-0.2, 0) is 20.0 Å². The predicted molar refractivity (Wildman–Crippen MR) is 237 cm³/mol. The zero-order chi connectivity index (χ0) is 43.3. The number of benzene rings is 2. The second-order valence-electron chi connectivity index (χ2n) is 16.7. The van der Waals surface area contributed by atoms with Crippen molar-refractivity contribution in [2.45, 2.75) is 102 Å². The van der Waals surface area contributed by atoms with Crippen molar-refractivity contribution in [2.24, 2.45) is 0 Å². The number of sulfonamides is 2. The minimum atomic E-state index is -3.22. The van der Waals surface area contributed by atoms with Gasteiger partial charge in [-0.25, -0.2) is 25.4 Å². The number of amides is 2. The molecule has 6 heterocycles. The third-order valence-corrected chi connectivity index (χ3v) is 17.4. The van der Waals surface area contributed by atoms with Gasteiger partial charge in [0, 0.05) is 59.7 Å². The molecule has 4 aromatic rings. The molecule has 0 radical (unpaired) electrons. The van der Waals surface area contributed by atoms with Crippen molar-refractivity contribution in [1.29, 1.82) is 0 Å². The SMILES string of the molecule is CC(C)S(=O)(=O)N1CCC(c2cncc(N3C(=O)c4ccc(Cl)cc4[C@@H]3C)c2)CC1.CC(C)S(=O)(=O)N1CCC(c2cncc(N3C(=O)c4ccc(Cl)cc4[C@H]3C)c2)CC1. The lowest BCUT2D eigenvalue weighted by Gasteiger charge is -2.33. The molecule has 0 saturated carbocycles. The van der Waals surface area contributed by atoms with Gasteiger partial charge in [0.1, 0.15) is 0 Å². The lowest BCUT2D eigenvalue weighted by Crippen LogP contribution is -2.41. The number of aromatic nitrogens is 2. The van der Waals surface area contributed by atoms with Crippen molar-refractivity contribution < 1.29 is 26.4 Å². The van der Waals surface area contributed by atoms with E-state index in [0.717, 1.165) is 59.3 Å². The maximum Gasteiger partial charge on any atom is 0.259 e. The highest BCUT2D eigenvalue weighted by atomic mass is 35.5. The van der Waals surface area contributed by atoms with Crippen molar-refractivity contribution in [3.8, 4) is 0 Å². The second-order valence-corrected chi connectivity index (χ2v) is 22.5. The van der Waals surface area contributed by atoms with Gasteiger partial charge in [-0.3, -0.25) is 29.4 Å². The molecule has 0 unspecified atom stereocenters. The van der Waals surface area contributed by atoms with Crippen LogP contribution in [0.1, 0.15) is 134 Å². The Morgan fingerprint density at radius 3 is 1.25 bits per heavy atom. The summed E-state index contributed by atoms with van der Waals surface area (Å²) in [6.07, 6.45) is 10.1. The van der Waals surface area contributed by atoms with Gasteiger partial charge in [0.15, 0.2) is 0 Å². The molecule has 2 aromatic heterocycles. The molecule has 4 aliphatic rings. The summed E-state index contributed by atoms with van der Waals surface area (Å²) in [5.41, 5.74) is 6.79. The molecule has 2 amide bonds. The summed E-state index contributed by atoms with van der Waals surface area (Å²) in [6, 6.07) is 14.5. The van der Waals surface area contributed by atoms with Gasteiger partial charge in [0.05, 0.1) is 46.4 Å². The Balaban J connectivity index is 0.000000181. The zero-order valence-electron chi connectivity index (χ0n) is 34.8. The van der Waals surface area contributed by atoms with Gasteiger partial charge in [-0.15, -0.1) is 0 Å². The average molecular weight is 896 g/mol. The standard InChI is InChI=1S/2C22H26ClN3O3S/c2*1-14(2)30(28,29)25-8-6-16(7-9-25)17-10-19(13-24-12-17)26-15(3)21-11-18(23)4-5-20(21)22(26)27/h2*4-5,10-16H,6-9H2,1-3H3/t2*15-/m10/s1. The Morgan fingerprint density at radius 2 is 0.917 bits per heavy atom. The molecule has 320 valence electrons. The van der Waals surface area contributed by atoms with Crippen molar-refractivity contribution in [2.75, 3.05) is 36.0 Å². The van der Waals surface area contributed by atoms with Crippen LogP contribution in [0.5, 0.6) is 0 Å². The number of anilines is 2. The Morgan fingerprint density at radius 1 is 0.567 bits per heavy atom. The average Bonchev–Trinajstić information content (AvgIpc) is 3.63. The fourth-order valence-electron chi connectivity index (χ4n) is 8.80. The third-order valence-electron chi connectivity index (χ3n) is 12.4. The zero-order valence-corrected chi connectivity index (χ0v) is 37.9. The fourth-order valence-corrected chi connectivity index (χ4v) is 11.8. The molecule has 2 atom stereocenters. The topological polar surface area (TPSA) is 141 Å². The minimum Gasteiger partial charge on any atom is -0.300 e. The quantitative estimate of drug-likeness (QED) is 0.171. The van der Waals surface area contributed by atoms with E-state index < -0.39 is 30.5 Å². The number of rotatable bonds is 8. The summed E-state index contributed by atoms with van der Waals surface area (Å²) in [5, 5.41) is 0.421. The number of hydrogen-bond acceptors (Lipinski definition) is 8. The molecule has 16 heteroatoms. The van der Waals surface area contributed by atoms with Crippen LogP contribution in [0.4, 0.5) is 11.4 Å². The normalized spacial score (nSPS) is 20.8. The second kappa shape index (κ2) is 17.5. The molecule has 8 rings (SSSR count). The molecule has 0 spiro atoms. The van der Waals surface area contributed by atoms with E-state index in [1.807, 2.05) is 50.5 Å². The Labute approximate surface area is 364 Å². The first kappa shape index (κ1) is 44.1. The first-order chi connectivity index (χ1) is 28.4. The first-order valence-electron chi connectivity index (χ1n) is 20.5. The van der Waals surface area contributed by atoms with E-state index in [0.29, 0.717) is 47.4 Å². The highest BCUT2D eigenvalue weighted by Gasteiger charge is 2.38.